The van der Waals surface area contributed by atoms with Crippen LogP contribution < -0.4 is 4.74 Å². The summed E-state index contributed by atoms with van der Waals surface area (Å²) in [6, 6.07) is 9.73. The molecule has 2 aromatic heterocycles. The van der Waals surface area contributed by atoms with E-state index in [1.807, 2.05) is 42.2 Å². The first kappa shape index (κ1) is 15.6. The van der Waals surface area contributed by atoms with E-state index in [0.717, 1.165) is 29.8 Å². The highest BCUT2D eigenvalue weighted by Gasteiger charge is 2.33. The van der Waals surface area contributed by atoms with Crippen LogP contribution in [0.1, 0.15) is 40.8 Å². The average Bonchev–Trinajstić information content (AvgIpc) is 3.29. The maximum Gasteiger partial charge on any atom is 0.294 e. The molecule has 7 heteroatoms. The van der Waals surface area contributed by atoms with Crippen LogP contribution in [0.3, 0.4) is 0 Å². The smallest absolute Gasteiger partial charge is 0.294 e. The van der Waals surface area contributed by atoms with Crippen LogP contribution in [-0.2, 0) is 0 Å². The second-order valence-corrected chi connectivity index (χ2v) is 6.17. The van der Waals surface area contributed by atoms with Gasteiger partial charge in [-0.05, 0) is 43.5 Å². The van der Waals surface area contributed by atoms with E-state index in [2.05, 4.69) is 15.1 Å². The molecule has 1 aliphatic heterocycles. The van der Waals surface area contributed by atoms with Crippen LogP contribution >= 0.6 is 0 Å². The molecule has 1 fully saturated rings. The van der Waals surface area contributed by atoms with Gasteiger partial charge in [0.05, 0.1) is 13.2 Å². The Labute approximate surface area is 145 Å². The number of hydrogen-bond donors (Lipinski definition) is 0. The number of methoxy groups -OCH3 is 1. The Hall–Kier alpha value is -2.96. The minimum Gasteiger partial charge on any atom is -0.497 e. The number of amides is 1. The highest BCUT2D eigenvalue weighted by Crippen LogP contribution is 2.34. The number of likely N-dealkylation sites (tertiary alicyclic amines) is 1. The molecule has 0 spiro atoms. The average molecular weight is 337 g/mol. The first-order chi connectivity index (χ1) is 12.2. The van der Waals surface area contributed by atoms with Crippen molar-refractivity contribution in [3.8, 4) is 5.75 Å². The van der Waals surface area contributed by atoms with Gasteiger partial charge in [0.25, 0.3) is 11.7 Å². The molecule has 0 N–H and O–H groups in total. The van der Waals surface area contributed by atoms with Crippen LogP contribution in [-0.4, -0.2) is 44.0 Å². The van der Waals surface area contributed by atoms with Gasteiger partial charge in [-0.3, -0.25) is 4.79 Å². The molecular weight excluding hydrogens is 318 g/mol. The molecule has 1 amide bonds. The zero-order chi connectivity index (χ0) is 17.4. The van der Waals surface area contributed by atoms with Crippen molar-refractivity contribution in [2.75, 3.05) is 13.7 Å². The van der Waals surface area contributed by atoms with E-state index in [4.69, 9.17) is 4.74 Å². The van der Waals surface area contributed by atoms with Gasteiger partial charge in [0.1, 0.15) is 5.75 Å². The molecule has 1 saturated heterocycles. The van der Waals surface area contributed by atoms with Crippen LogP contribution in [0.4, 0.5) is 0 Å². The van der Waals surface area contributed by atoms with Gasteiger partial charge in [-0.15, -0.1) is 5.10 Å². The van der Waals surface area contributed by atoms with Gasteiger partial charge in [0.2, 0.25) is 5.82 Å². The van der Waals surface area contributed by atoms with Gasteiger partial charge in [-0.1, -0.05) is 12.1 Å². The van der Waals surface area contributed by atoms with E-state index in [-0.39, 0.29) is 17.8 Å². The van der Waals surface area contributed by atoms with Crippen LogP contribution in [0, 0.1) is 6.92 Å². The van der Waals surface area contributed by atoms with Crippen molar-refractivity contribution >= 4 is 11.7 Å². The lowest BCUT2D eigenvalue weighted by atomic mass is 10.0. The van der Waals surface area contributed by atoms with E-state index in [1.165, 1.54) is 0 Å². The quantitative estimate of drug-likeness (QED) is 0.734. The molecule has 0 saturated carbocycles. The molecule has 0 radical (unpaired) electrons. The molecule has 0 bridgehead atoms. The number of aromatic nitrogens is 4. The largest absolute Gasteiger partial charge is 0.497 e. The SMILES string of the molecule is COc1cccc(C2CCCN2C(=O)c2nc3nccc(C)n3n2)c1. The van der Waals surface area contributed by atoms with Gasteiger partial charge in [-0.2, -0.15) is 4.98 Å². The summed E-state index contributed by atoms with van der Waals surface area (Å²) in [5.74, 6) is 1.27. The second kappa shape index (κ2) is 6.16. The molecule has 25 heavy (non-hydrogen) atoms. The zero-order valence-corrected chi connectivity index (χ0v) is 14.2. The molecule has 0 aliphatic carbocycles. The fourth-order valence-corrected chi connectivity index (χ4v) is 3.33. The van der Waals surface area contributed by atoms with E-state index >= 15 is 0 Å². The fraction of sp³-hybridized carbons (Fsp3) is 0.333. The Morgan fingerprint density at radius 2 is 2.20 bits per heavy atom. The van der Waals surface area contributed by atoms with Crippen molar-refractivity contribution in [3.05, 3.63) is 53.6 Å². The number of nitrogens with zero attached hydrogens (tertiary/aromatic N) is 5. The summed E-state index contributed by atoms with van der Waals surface area (Å²) in [5.41, 5.74) is 1.96. The molecule has 128 valence electrons. The lowest BCUT2D eigenvalue weighted by Crippen LogP contribution is -2.31. The third-order valence-electron chi connectivity index (χ3n) is 4.61. The zero-order valence-electron chi connectivity index (χ0n) is 14.2. The molecule has 3 aromatic rings. The number of carbonyl (C=O) groups excluding carboxylic acids is 1. The van der Waals surface area contributed by atoms with E-state index < -0.39 is 0 Å². The van der Waals surface area contributed by atoms with E-state index in [9.17, 15) is 4.79 Å². The summed E-state index contributed by atoms with van der Waals surface area (Å²) in [6.07, 6.45) is 3.55. The van der Waals surface area contributed by atoms with Crippen LogP contribution in [0.25, 0.3) is 5.78 Å². The number of ether oxygens (including phenoxy) is 1. The van der Waals surface area contributed by atoms with Gasteiger partial charge in [-0.25, -0.2) is 9.50 Å². The summed E-state index contributed by atoms with van der Waals surface area (Å²) < 4.78 is 6.91. The Kier molecular flexibility index (Phi) is 3.83. The topological polar surface area (TPSA) is 72.6 Å². The number of benzene rings is 1. The van der Waals surface area contributed by atoms with Crippen LogP contribution in [0.2, 0.25) is 0 Å². The first-order valence-electron chi connectivity index (χ1n) is 8.30. The Morgan fingerprint density at radius 3 is 3.00 bits per heavy atom. The van der Waals surface area contributed by atoms with Crippen molar-refractivity contribution in [2.24, 2.45) is 0 Å². The summed E-state index contributed by atoms with van der Waals surface area (Å²) in [4.78, 5) is 23.3. The number of carbonyl (C=O) groups is 1. The summed E-state index contributed by atoms with van der Waals surface area (Å²) in [6.45, 7) is 2.61. The van der Waals surface area contributed by atoms with E-state index in [1.54, 1.807) is 17.8 Å². The molecule has 1 aliphatic rings. The predicted octanol–water partition coefficient (Wildman–Crippen LogP) is 2.42. The van der Waals surface area contributed by atoms with Crippen molar-refractivity contribution in [3.63, 3.8) is 0 Å². The minimum absolute atomic E-state index is 0.0169. The third kappa shape index (κ3) is 2.71. The van der Waals surface area contributed by atoms with Crippen molar-refractivity contribution < 1.29 is 9.53 Å². The molecule has 7 nitrogen and oxygen atoms in total. The molecule has 1 unspecified atom stereocenters. The maximum atomic E-state index is 13.0. The van der Waals surface area contributed by atoms with Gasteiger partial charge in [0, 0.05) is 18.4 Å². The lowest BCUT2D eigenvalue weighted by Gasteiger charge is -2.24. The van der Waals surface area contributed by atoms with Gasteiger partial charge in [0.15, 0.2) is 0 Å². The summed E-state index contributed by atoms with van der Waals surface area (Å²) >= 11 is 0. The summed E-state index contributed by atoms with van der Waals surface area (Å²) in [7, 11) is 1.65. The number of rotatable bonds is 3. The lowest BCUT2D eigenvalue weighted by molar-refractivity contribution is 0.0723. The third-order valence-corrected chi connectivity index (χ3v) is 4.61. The Morgan fingerprint density at radius 1 is 1.32 bits per heavy atom. The van der Waals surface area contributed by atoms with Crippen LogP contribution in [0.5, 0.6) is 5.75 Å². The summed E-state index contributed by atoms with van der Waals surface area (Å²) in [5, 5.41) is 4.35. The second-order valence-electron chi connectivity index (χ2n) is 6.17. The standard InChI is InChI=1S/C18H19N5O2/c1-12-8-9-19-18-20-16(21-23(12)18)17(24)22-10-4-7-15(22)13-5-3-6-14(11-13)25-2/h3,5-6,8-9,11,15H,4,7,10H2,1-2H3. The molecule has 4 rings (SSSR count). The number of fused-ring (bicyclic) bond motifs is 1. The van der Waals surface area contributed by atoms with Crippen molar-refractivity contribution in [2.45, 2.75) is 25.8 Å². The highest BCUT2D eigenvalue weighted by molar-refractivity contribution is 5.91. The van der Waals surface area contributed by atoms with Crippen molar-refractivity contribution in [1.82, 2.24) is 24.5 Å². The molecular formula is C18H19N5O2. The van der Waals surface area contributed by atoms with Gasteiger partial charge < -0.3 is 9.64 Å². The molecule has 3 heterocycles. The number of aryl methyl sites for hydroxylation is 1. The van der Waals surface area contributed by atoms with Gasteiger partial charge >= 0.3 is 0 Å². The maximum absolute atomic E-state index is 13.0. The van der Waals surface area contributed by atoms with Crippen molar-refractivity contribution in [1.29, 1.82) is 0 Å². The first-order valence-corrected chi connectivity index (χ1v) is 8.30. The highest BCUT2D eigenvalue weighted by atomic mass is 16.5. The predicted molar refractivity (Wildman–Crippen MR) is 91.5 cm³/mol. The molecule has 1 atom stereocenters. The van der Waals surface area contributed by atoms with E-state index in [0.29, 0.717) is 12.3 Å². The number of hydrogen-bond acceptors (Lipinski definition) is 5. The Bertz CT molecular complexity index is 936. The normalized spacial score (nSPS) is 17.2. The fourth-order valence-electron chi connectivity index (χ4n) is 3.33. The Balaban J connectivity index is 1.66. The molecule has 1 aromatic carbocycles. The monoisotopic (exact) mass is 337 g/mol. The minimum atomic E-state index is -0.157. The van der Waals surface area contributed by atoms with Crippen LogP contribution in [0.15, 0.2) is 36.5 Å².